The van der Waals surface area contributed by atoms with E-state index in [-0.39, 0.29) is 5.60 Å². The molecule has 0 amide bonds. The standard InChI is InChI=1S/C14H22O2/c1-9-10(2)14(5,15)8-11-6-7-13(3,4)16-12(9)11/h15H,6-8H2,1-5H3. The topological polar surface area (TPSA) is 29.5 Å². The highest BCUT2D eigenvalue weighted by Crippen LogP contribution is 2.44. The van der Waals surface area contributed by atoms with Gasteiger partial charge in [0, 0.05) is 6.42 Å². The summed E-state index contributed by atoms with van der Waals surface area (Å²) in [5.41, 5.74) is 2.70. The number of rotatable bonds is 0. The smallest absolute Gasteiger partial charge is 0.122 e. The van der Waals surface area contributed by atoms with Crippen LogP contribution in [0.5, 0.6) is 0 Å². The van der Waals surface area contributed by atoms with Crippen LogP contribution in [-0.2, 0) is 4.74 Å². The Labute approximate surface area is 98.0 Å². The van der Waals surface area contributed by atoms with Gasteiger partial charge in [-0.25, -0.2) is 0 Å². The van der Waals surface area contributed by atoms with Gasteiger partial charge >= 0.3 is 0 Å². The second-order valence-electron chi connectivity index (χ2n) is 6.00. The largest absolute Gasteiger partial charge is 0.488 e. The van der Waals surface area contributed by atoms with Gasteiger partial charge in [-0.3, -0.25) is 0 Å². The third-order valence-corrected chi connectivity index (χ3v) is 4.00. The average Bonchev–Trinajstić information content (AvgIpc) is 2.16. The lowest BCUT2D eigenvalue weighted by Crippen LogP contribution is -2.36. The Bertz CT molecular complexity index is 384. The average molecular weight is 222 g/mol. The molecule has 1 aliphatic carbocycles. The Hall–Kier alpha value is -0.760. The summed E-state index contributed by atoms with van der Waals surface area (Å²) in [4.78, 5) is 0. The quantitative estimate of drug-likeness (QED) is 0.681. The minimum Gasteiger partial charge on any atom is -0.488 e. The molecule has 2 heteroatoms. The van der Waals surface area contributed by atoms with Crippen LogP contribution < -0.4 is 0 Å². The van der Waals surface area contributed by atoms with E-state index < -0.39 is 5.60 Å². The van der Waals surface area contributed by atoms with Crippen molar-refractivity contribution in [2.24, 2.45) is 0 Å². The minimum absolute atomic E-state index is 0.0659. The van der Waals surface area contributed by atoms with Crippen molar-refractivity contribution < 1.29 is 9.84 Å². The van der Waals surface area contributed by atoms with E-state index in [2.05, 4.69) is 20.8 Å². The number of hydrogen-bond acceptors (Lipinski definition) is 2. The predicted octanol–water partition coefficient (Wildman–Crippen LogP) is 3.32. The van der Waals surface area contributed by atoms with Crippen molar-refractivity contribution in [2.75, 3.05) is 0 Å². The molecule has 0 saturated carbocycles. The molecular weight excluding hydrogens is 200 g/mol. The SMILES string of the molecule is CC1=C(C)C(C)(O)CC2=C1OC(C)(C)CC2. The molecule has 90 valence electrons. The van der Waals surface area contributed by atoms with Crippen molar-refractivity contribution in [1.82, 2.24) is 0 Å². The monoisotopic (exact) mass is 222 g/mol. The molecule has 2 rings (SSSR count). The molecule has 0 aromatic carbocycles. The molecule has 2 nitrogen and oxygen atoms in total. The molecule has 16 heavy (non-hydrogen) atoms. The van der Waals surface area contributed by atoms with Crippen LogP contribution in [0.4, 0.5) is 0 Å². The second kappa shape index (κ2) is 3.36. The minimum atomic E-state index is -0.687. The van der Waals surface area contributed by atoms with Crippen LogP contribution in [-0.4, -0.2) is 16.3 Å². The molecule has 1 aliphatic heterocycles. The molecular formula is C14H22O2. The molecule has 0 spiro atoms. The van der Waals surface area contributed by atoms with E-state index in [1.54, 1.807) is 0 Å². The van der Waals surface area contributed by atoms with Crippen molar-refractivity contribution in [2.45, 2.75) is 65.1 Å². The normalized spacial score (nSPS) is 33.6. The zero-order chi connectivity index (χ0) is 12.1. The maximum absolute atomic E-state index is 10.3. The summed E-state index contributed by atoms with van der Waals surface area (Å²) in [5.74, 6) is 1.04. The van der Waals surface area contributed by atoms with E-state index in [1.807, 2.05) is 13.8 Å². The van der Waals surface area contributed by atoms with Crippen LogP contribution in [0.15, 0.2) is 22.5 Å². The first-order chi connectivity index (χ1) is 7.23. The zero-order valence-corrected chi connectivity index (χ0v) is 11.0. The summed E-state index contributed by atoms with van der Waals surface area (Å²) in [6, 6.07) is 0. The highest BCUT2D eigenvalue weighted by atomic mass is 16.5. The molecule has 0 aromatic heterocycles. The van der Waals surface area contributed by atoms with Crippen LogP contribution in [0.1, 0.15) is 53.9 Å². The van der Waals surface area contributed by atoms with E-state index in [1.165, 1.54) is 5.57 Å². The number of ether oxygens (including phenoxy) is 1. The van der Waals surface area contributed by atoms with Crippen LogP contribution in [0.2, 0.25) is 0 Å². The summed E-state index contributed by atoms with van der Waals surface area (Å²) >= 11 is 0. The van der Waals surface area contributed by atoms with Crippen LogP contribution in [0.25, 0.3) is 0 Å². The van der Waals surface area contributed by atoms with Gasteiger partial charge in [-0.1, -0.05) is 0 Å². The van der Waals surface area contributed by atoms with Crippen molar-refractivity contribution in [3.63, 3.8) is 0 Å². The Morgan fingerprint density at radius 1 is 1.19 bits per heavy atom. The van der Waals surface area contributed by atoms with Gasteiger partial charge in [-0.2, -0.15) is 0 Å². The first kappa shape index (κ1) is 11.7. The molecule has 0 radical (unpaired) electrons. The Balaban J connectivity index is 2.42. The first-order valence-corrected chi connectivity index (χ1v) is 6.05. The fraction of sp³-hybridized carbons (Fsp3) is 0.714. The van der Waals surface area contributed by atoms with Gasteiger partial charge in [0.2, 0.25) is 0 Å². The molecule has 0 saturated heterocycles. The fourth-order valence-corrected chi connectivity index (χ4v) is 2.60. The van der Waals surface area contributed by atoms with Gasteiger partial charge in [-0.05, 0) is 64.2 Å². The van der Waals surface area contributed by atoms with E-state index in [0.717, 1.165) is 36.2 Å². The lowest BCUT2D eigenvalue weighted by Gasteiger charge is -2.41. The van der Waals surface area contributed by atoms with Gasteiger partial charge in [0.15, 0.2) is 0 Å². The maximum atomic E-state index is 10.3. The molecule has 0 fully saturated rings. The predicted molar refractivity (Wildman–Crippen MR) is 65.0 cm³/mol. The Morgan fingerprint density at radius 2 is 1.81 bits per heavy atom. The van der Waals surface area contributed by atoms with Crippen molar-refractivity contribution >= 4 is 0 Å². The van der Waals surface area contributed by atoms with Gasteiger partial charge in [0.1, 0.15) is 11.4 Å². The molecule has 0 bridgehead atoms. The van der Waals surface area contributed by atoms with E-state index >= 15 is 0 Å². The third kappa shape index (κ3) is 1.80. The summed E-state index contributed by atoms with van der Waals surface area (Å²) in [6.45, 7) is 10.2. The summed E-state index contributed by atoms with van der Waals surface area (Å²) < 4.78 is 6.06. The fourth-order valence-electron chi connectivity index (χ4n) is 2.60. The van der Waals surface area contributed by atoms with Gasteiger partial charge in [-0.15, -0.1) is 0 Å². The third-order valence-electron chi connectivity index (χ3n) is 4.00. The number of hydrogen-bond donors (Lipinski definition) is 1. The molecule has 0 aromatic rings. The van der Waals surface area contributed by atoms with Crippen LogP contribution in [0, 0.1) is 0 Å². The molecule has 1 heterocycles. The van der Waals surface area contributed by atoms with Gasteiger partial charge < -0.3 is 9.84 Å². The highest BCUT2D eigenvalue weighted by molar-refractivity contribution is 5.43. The molecule has 1 unspecified atom stereocenters. The summed E-state index contributed by atoms with van der Waals surface area (Å²) in [7, 11) is 0. The first-order valence-electron chi connectivity index (χ1n) is 6.05. The lowest BCUT2D eigenvalue weighted by molar-refractivity contribution is 0.00519. The molecule has 1 N–H and O–H groups in total. The Kier molecular flexibility index (Phi) is 2.46. The lowest BCUT2D eigenvalue weighted by atomic mass is 9.77. The molecule has 1 atom stereocenters. The summed E-state index contributed by atoms with van der Waals surface area (Å²) in [5, 5.41) is 10.3. The van der Waals surface area contributed by atoms with E-state index in [0.29, 0.717) is 0 Å². The number of aliphatic hydroxyl groups is 1. The van der Waals surface area contributed by atoms with Gasteiger partial charge in [0.05, 0.1) is 5.60 Å². The number of allylic oxidation sites excluding steroid dienone is 1. The zero-order valence-electron chi connectivity index (χ0n) is 11.0. The van der Waals surface area contributed by atoms with Crippen molar-refractivity contribution in [3.8, 4) is 0 Å². The van der Waals surface area contributed by atoms with E-state index in [9.17, 15) is 5.11 Å². The highest BCUT2D eigenvalue weighted by Gasteiger charge is 2.38. The van der Waals surface area contributed by atoms with Gasteiger partial charge in [0.25, 0.3) is 0 Å². The van der Waals surface area contributed by atoms with Crippen molar-refractivity contribution in [3.05, 3.63) is 22.5 Å². The second-order valence-corrected chi connectivity index (χ2v) is 6.00. The Morgan fingerprint density at radius 3 is 2.44 bits per heavy atom. The van der Waals surface area contributed by atoms with Crippen LogP contribution in [0.3, 0.4) is 0 Å². The molecule has 2 aliphatic rings. The summed E-state index contributed by atoms with van der Waals surface area (Å²) in [6.07, 6.45) is 2.80. The van der Waals surface area contributed by atoms with E-state index in [4.69, 9.17) is 4.74 Å². The maximum Gasteiger partial charge on any atom is 0.122 e. The van der Waals surface area contributed by atoms with Crippen LogP contribution >= 0.6 is 0 Å². The van der Waals surface area contributed by atoms with Crippen molar-refractivity contribution in [1.29, 1.82) is 0 Å².